The summed E-state index contributed by atoms with van der Waals surface area (Å²) < 4.78 is 0. The molecular formula is C12H24N2O. The van der Waals surface area contributed by atoms with Crippen molar-refractivity contribution in [2.75, 3.05) is 0 Å². The molecule has 0 aromatic carbocycles. The zero-order valence-electron chi connectivity index (χ0n) is 9.80. The average Bonchev–Trinajstić information content (AvgIpc) is 2.46. The highest BCUT2D eigenvalue weighted by molar-refractivity contribution is 5.81. The molecule has 1 fully saturated rings. The largest absolute Gasteiger partial charge is 0.352 e. The van der Waals surface area contributed by atoms with Gasteiger partial charge >= 0.3 is 0 Å². The highest BCUT2D eigenvalue weighted by Crippen LogP contribution is 2.17. The predicted molar refractivity (Wildman–Crippen MR) is 62.5 cm³/mol. The Hall–Kier alpha value is -0.570. The maximum Gasteiger partial charge on any atom is 0.237 e. The predicted octanol–water partition coefficient (Wildman–Crippen LogP) is 1.95. The molecule has 1 rings (SSSR count). The Morgan fingerprint density at radius 2 is 1.93 bits per heavy atom. The van der Waals surface area contributed by atoms with E-state index in [9.17, 15) is 4.79 Å². The van der Waals surface area contributed by atoms with Crippen LogP contribution in [0.15, 0.2) is 0 Å². The van der Waals surface area contributed by atoms with E-state index in [1.165, 1.54) is 25.7 Å². The summed E-state index contributed by atoms with van der Waals surface area (Å²) in [4.78, 5) is 11.7. The molecule has 3 heteroatoms. The summed E-state index contributed by atoms with van der Waals surface area (Å²) in [6.07, 6.45) is 9.13. The van der Waals surface area contributed by atoms with E-state index in [2.05, 4.69) is 12.2 Å². The minimum absolute atomic E-state index is 0.0451. The SMILES string of the molecule is CCCC(N)C(=O)NC1CCCCCC1. The van der Waals surface area contributed by atoms with Crippen LogP contribution in [0.2, 0.25) is 0 Å². The third-order valence-corrected chi connectivity index (χ3v) is 3.14. The van der Waals surface area contributed by atoms with Crippen LogP contribution in [-0.4, -0.2) is 18.0 Å². The minimum Gasteiger partial charge on any atom is -0.352 e. The Kier molecular flexibility index (Phi) is 5.69. The number of nitrogens with one attached hydrogen (secondary N) is 1. The monoisotopic (exact) mass is 212 g/mol. The first-order valence-corrected chi connectivity index (χ1v) is 6.30. The molecular weight excluding hydrogens is 188 g/mol. The lowest BCUT2D eigenvalue weighted by Crippen LogP contribution is -2.45. The molecule has 3 N–H and O–H groups in total. The van der Waals surface area contributed by atoms with Crippen molar-refractivity contribution < 1.29 is 4.79 Å². The van der Waals surface area contributed by atoms with Gasteiger partial charge in [-0.25, -0.2) is 0 Å². The molecule has 1 aliphatic carbocycles. The third kappa shape index (κ3) is 4.65. The molecule has 0 aliphatic heterocycles. The van der Waals surface area contributed by atoms with Gasteiger partial charge in [-0.15, -0.1) is 0 Å². The molecule has 1 atom stereocenters. The van der Waals surface area contributed by atoms with E-state index in [1.807, 2.05) is 0 Å². The van der Waals surface area contributed by atoms with Gasteiger partial charge in [0.1, 0.15) is 0 Å². The van der Waals surface area contributed by atoms with E-state index in [1.54, 1.807) is 0 Å². The van der Waals surface area contributed by atoms with Crippen molar-refractivity contribution in [3.8, 4) is 0 Å². The van der Waals surface area contributed by atoms with E-state index < -0.39 is 0 Å². The third-order valence-electron chi connectivity index (χ3n) is 3.14. The first-order valence-electron chi connectivity index (χ1n) is 6.30. The number of hydrogen-bond donors (Lipinski definition) is 2. The smallest absolute Gasteiger partial charge is 0.237 e. The number of hydrogen-bond acceptors (Lipinski definition) is 2. The summed E-state index contributed by atoms with van der Waals surface area (Å²) in [7, 11) is 0. The molecule has 1 aliphatic rings. The van der Waals surface area contributed by atoms with Crippen LogP contribution in [0.3, 0.4) is 0 Å². The zero-order valence-corrected chi connectivity index (χ0v) is 9.80. The van der Waals surface area contributed by atoms with Crippen molar-refractivity contribution >= 4 is 5.91 Å². The second kappa shape index (κ2) is 6.83. The van der Waals surface area contributed by atoms with Gasteiger partial charge in [-0.1, -0.05) is 39.0 Å². The van der Waals surface area contributed by atoms with Crippen LogP contribution < -0.4 is 11.1 Å². The number of rotatable bonds is 4. The molecule has 0 aromatic heterocycles. The van der Waals surface area contributed by atoms with E-state index >= 15 is 0 Å². The lowest BCUT2D eigenvalue weighted by Gasteiger charge is -2.19. The second-order valence-electron chi connectivity index (χ2n) is 4.59. The van der Waals surface area contributed by atoms with Crippen molar-refractivity contribution in [2.24, 2.45) is 5.73 Å². The van der Waals surface area contributed by atoms with Crippen molar-refractivity contribution in [3.05, 3.63) is 0 Å². The van der Waals surface area contributed by atoms with Gasteiger partial charge in [-0.05, 0) is 19.3 Å². The quantitative estimate of drug-likeness (QED) is 0.700. The Morgan fingerprint density at radius 1 is 1.33 bits per heavy atom. The summed E-state index contributed by atoms with van der Waals surface area (Å²) in [5, 5.41) is 3.08. The maximum absolute atomic E-state index is 11.7. The molecule has 88 valence electrons. The van der Waals surface area contributed by atoms with Crippen molar-refractivity contribution in [1.29, 1.82) is 0 Å². The Labute approximate surface area is 92.8 Å². The highest BCUT2D eigenvalue weighted by Gasteiger charge is 2.18. The molecule has 1 saturated carbocycles. The summed E-state index contributed by atoms with van der Waals surface area (Å²) in [5.41, 5.74) is 5.77. The Bertz CT molecular complexity index is 186. The van der Waals surface area contributed by atoms with Crippen LogP contribution in [-0.2, 0) is 4.79 Å². The maximum atomic E-state index is 11.7. The Morgan fingerprint density at radius 3 is 2.47 bits per heavy atom. The second-order valence-corrected chi connectivity index (χ2v) is 4.59. The zero-order chi connectivity index (χ0) is 11.1. The van der Waals surface area contributed by atoms with Gasteiger partial charge in [0.2, 0.25) is 5.91 Å². The van der Waals surface area contributed by atoms with Gasteiger partial charge < -0.3 is 11.1 Å². The van der Waals surface area contributed by atoms with Crippen LogP contribution in [0.5, 0.6) is 0 Å². The van der Waals surface area contributed by atoms with Crippen LogP contribution in [0, 0.1) is 0 Å². The lowest BCUT2D eigenvalue weighted by molar-refractivity contribution is -0.123. The van der Waals surface area contributed by atoms with Gasteiger partial charge in [0.15, 0.2) is 0 Å². The standard InChI is InChI=1S/C12H24N2O/c1-2-7-11(13)12(15)14-10-8-5-3-4-6-9-10/h10-11H,2-9,13H2,1H3,(H,14,15). The van der Waals surface area contributed by atoms with Crippen molar-refractivity contribution in [3.63, 3.8) is 0 Å². The highest BCUT2D eigenvalue weighted by atomic mass is 16.2. The molecule has 0 spiro atoms. The van der Waals surface area contributed by atoms with E-state index in [0.717, 1.165) is 25.7 Å². The van der Waals surface area contributed by atoms with Crippen LogP contribution in [0.25, 0.3) is 0 Å². The molecule has 15 heavy (non-hydrogen) atoms. The minimum atomic E-state index is -0.307. The topological polar surface area (TPSA) is 55.1 Å². The van der Waals surface area contributed by atoms with Gasteiger partial charge in [-0.2, -0.15) is 0 Å². The molecule has 0 saturated heterocycles. The van der Waals surface area contributed by atoms with Gasteiger partial charge in [-0.3, -0.25) is 4.79 Å². The lowest BCUT2D eigenvalue weighted by atomic mass is 10.1. The molecule has 1 unspecified atom stereocenters. The van der Waals surface area contributed by atoms with Crippen molar-refractivity contribution in [2.45, 2.75) is 70.4 Å². The van der Waals surface area contributed by atoms with Gasteiger partial charge in [0, 0.05) is 6.04 Å². The molecule has 0 bridgehead atoms. The first-order chi connectivity index (χ1) is 7.24. The molecule has 3 nitrogen and oxygen atoms in total. The van der Waals surface area contributed by atoms with E-state index in [-0.39, 0.29) is 11.9 Å². The summed E-state index contributed by atoms with van der Waals surface area (Å²) in [6.45, 7) is 2.05. The summed E-state index contributed by atoms with van der Waals surface area (Å²) >= 11 is 0. The van der Waals surface area contributed by atoms with Crippen LogP contribution >= 0.6 is 0 Å². The van der Waals surface area contributed by atoms with Gasteiger partial charge in [0.25, 0.3) is 0 Å². The fourth-order valence-electron chi connectivity index (χ4n) is 2.17. The molecule has 0 aromatic rings. The number of carbonyl (C=O) groups is 1. The van der Waals surface area contributed by atoms with E-state index in [4.69, 9.17) is 5.73 Å². The summed E-state index contributed by atoms with van der Waals surface area (Å²) in [6, 6.07) is 0.0705. The number of nitrogens with two attached hydrogens (primary N) is 1. The summed E-state index contributed by atoms with van der Waals surface area (Å²) in [5.74, 6) is 0.0451. The first kappa shape index (κ1) is 12.5. The number of carbonyl (C=O) groups excluding carboxylic acids is 1. The fourth-order valence-corrected chi connectivity index (χ4v) is 2.17. The fraction of sp³-hybridized carbons (Fsp3) is 0.917. The Balaban J connectivity index is 2.28. The van der Waals surface area contributed by atoms with Gasteiger partial charge in [0.05, 0.1) is 6.04 Å². The molecule has 0 heterocycles. The average molecular weight is 212 g/mol. The van der Waals surface area contributed by atoms with E-state index in [0.29, 0.717) is 6.04 Å². The normalized spacial score (nSPS) is 20.7. The number of amides is 1. The van der Waals surface area contributed by atoms with Crippen LogP contribution in [0.1, 0.15) is 58.3 Å². The molecule has 0 radical (unpaired) electrons. The van der Waals surface area contributed by atoms with Crippen LogP contribution in [0.4, 0.5) is 0 Å². The van der Waals surface area contributed by atoms with Crippen molar-refractivity contribution in [1.82, 2.24) is 5.32 Å². The molecule has 1 amide bonds.